The minimum atomic E-state index is 0.499. The van der Waals surface area contributed by atoms with Gasteiger partial charge in [-0.25, -0.2) is 0 Å². The summed E-state index contributed by atoms with van der Waals surface area (Å²) in [6, 6.07) is 0.499. The van der Waals surface area contributed by atoms with Crippen molar-refractivity contribution in [1.29, 1.82) is 0 Å². The molecule has 0 unspecified atom stereocenters. The molecule has 1 atom stereocenters. The van der Waals surface area contributed by atoms with Crippen LogP contribution in [-0.4, -0.2) is 22.2 Å². The summed E-state index contributed by atoms with van der Waals surface area (Å²) in [5.74, 6) is 1.76. The Morgan fingerprint density at radius 1 is 1.80 bits per heavy atom. The van der Waals surface area contributed by atoms with Crippen molar-refractivity contribution in [3.8, 4) is 0 Å². The minimum Gasteiger partial charge on any atom is -0.273 e. The number of thioether (sulfide) groups is 1. The fraction of sp³-hybridized carbons (Fsp3) is 0.714. The van der Waals surface area contributed by atoms with Gasteiger partial charge in [0, 0.05) is 11.1 Å². The number of rotatable bonds is 2. The zero-order chi connectivity index (χ0) is 7.56. The van der Waals surface area contributed by atoms with E-state index >= 15 is 0 Å². The quantitative estimate of drug-likeness (QED) is 0.593. The van der Waals surface area contributed by atoms with Gasteiger partial charge in [0.15, 0.2) is 0 Å². The number of hydrogen-bond acceptors (Lipinski definition) is 3. The largest absolute Gasteiger partial charge is 0.273 e. The van der Waals surface area contributed by atoms with E-state index in [1.807, 2.05) is 0 Å². The molecule has 0 saturated carbocycles. The van der Waals surface area contributed by atoms with Gasteiger partial charge in [-0.15, -0.1) is 11.8 Å². The van der Waals surface area contributed by atoms with Crippen LogP contribution in [0.25, 0.3) is 0 Å². The van der Waals surface area contributed by atoms with Crippen LogP contribution < -0.4 is 0 Å². The van der Waals surface area contributed by atoms with E-state index in [0.717, 1.165) is 10.8 Å². The maximum atomic E-state index is 4.77. The molecule has 1 aliphatic heterocycles. The second-order valence-corrected chi connectivity index (χ2v) is 3.98. The predicted molar refractivity (Wildman–Crippen MR) is 52.2 cm³/mol. The summed E-state index contributed by atoms with van der Waals surface area (Å²) in [6.45, 7) is 4.39. The molecule has 0 N–H and O–H groups in total. The van der Waals surface area contributed by atoms with E-state index in [-0.39, 0.29) is 0 Å². The first kappa shape index (κ1) is 8.21. The summed E-state index contributed by atoms with van der Waals surface area (Å²) < 4.78 is 0. The molecule has 0 bridgehead atoms. The molecule has 1 rings (SSSR count). The Balaban J connectivity index is 2.54. The molecule has 0 radical (unpaired) electrons. The Morgan fingerprint density at radius 2 is 2.50 bits per heavy atom. The van der Waals surface area contributed by atoms with Gasteiger partial charge >= 0.3 is 0 Å². The van der Waals surface area contributed by atoms with E-state index in [0.29, 0.717) is 12.0 Å². The van der Waals surface area contributed by atoms with Crippen molar-refractivity contribution in [1.82, 2.24) is 0 Å². The molecule has 1 aliphatic rings. The number of nitrogens with zero attached hydrogens (tertiary/aromatic N) is 1. The highest BCUT2D eigenvalue weighted by Crippen LogP contribution is 2.22. The third kappa shape index (κ3) is 1.80. The van der Waals surface area contributed by atoms with Gasteiger partial charge in [-0.1, -0.05) is 26.1 Å². The third-order valence-corrected chi connectivity index (χ3v) is 2.97. The first-order valence-corrected chi connectivity index (χ1v) is 4.85. The summed E-state index contributed by atoms with van der Waals surface area (Å²) in [5, 5.41) is 2.71. The number of hydrogen-bond donors (Lipinski definition) is 0. The lowest BCUT2D eigenvalue weighted by Crippen LogP contribution is -2.11. The van der Waals surface area contributed by atoms with E-state index in [1.54, 1.807) is 17.1 Å². The van der Waals surface area contributed by atoms with E-state index in [1.165, 1.54) is 0 Å². The SMILES string of the molecule is CC(C)[C@@H]1CSC(C=S)=N1. The topological polar surface area (TPSA) is 12.4 Å². The van der Waals surface area contributed by atoms with Crippen LogP contribution in [0.4, 0.5) is 0 Å². The molecule has 1 nitrogen and oxygen atoms in total. The lowest BCUT2D eigenvalue weighted by molar-refractivity contribution is 0.544. The lowest BCUT2D eigenvalue weighted by Gasteiger charge is -2.07. The monoisotopic (exact) mass is 173 g/mol. The molecule has 0 aromatic rings. The van der Waals surface area contributed by atoms with Crippen LogP contribution in [0, 0.1) is 5.92 Å². The van der Waals surface area contributed by atoms with Gasteiger partial charge in [-0.2, -0.15) is 0 Å². The van der Waals surface area contributed by atoms with Crippen molar-refractivity contribution in [2.45, 2.75) is 19.9 Å². The average molecular weight is 173 g/mol. The molecule has 3 heteroatoms. The van der Waals surface area contributed by atoms with Gasteiger partial charge in [0.25, 0.3) is 0 Å². The summed E-state index contributed by atoms with van der Waals surface area (Å²) in [4.78, 5) is 4.43. The molecule has 0 spiro atoms. The molecular formula is C7H11NS2. The summed E-state index contributed by atoms with van der Waals surface area (Å²) >= 11 is 6.54. The zero-order valence-corrected chi connectivity index (χ0v) is 7.84. The maximum Gasteiger partial charge on any atom is 0.102 e. The third-order valence-electron chi connectivity index (χ3n) is 1.57. The number of aliphatic imine (C=N–C) groups is 1. The fourth-order valence-electron chi connectivity index (χ4n) is 0.815. The van der Waals surface area contributed by atoms with Crippen LogP contribution in [0.15, 0.2) is 4.99 Å². The molecule has 0 aromatic carbocycles. The molecule has 0 saturated heterocycles. The highest BCUT2D eigenvalue weighted by atomic mass is 32.2. The average Bonchev–Trinajstić information content (AvgIpc) is 2.34. The van der Waals surface area contributed by atoms with Crippen molar-refractivity contribution in [3.63, 3.8) is 0 Å². The van der Waals surface area contributed by atoms with Crippen molar-refractivity contribution in [2.75, 3.05) is 5.75 Å². The minimum absolute atomic E-state index is 0.499. The second kappa shape index (κ2) is 3.49. The molecule has 0 fully saturated rings. The molecular weight excluding hydrogens is 162 g/mol. The van der Waals surface area contributed by atoms with Gasteiger partial charge in [0.1, 0.15) is 5.04 Å². The predicted octanol–water partition coefficient (Wildman–Crippen LogP) is 2.16. The normalized spacial score (nSPS) is 25.1. The van der Waals surface area contributed by atoms with E-state index in [2.05, 4.69) is 18.8 Å². The Hall–Kier alpha value is 0.110. The Labute approximate surface area is 71.3 Å². The Kier molecular flexibility index (Phi) is 2.86. The van der Waals surface area contributed by atoms with Crippen LogP contribution in [0.1, 0.15) is 13.8 Å². The van der Waals surface area contributed by atoms with Crippen molar-refractivity contribution in [2.24, 2.45) is 10.9 Å². The van der Waals surface area contributed by atoms with Gasteiger partial charge in [-0.05, 0) is 5.92 Å². The molecule has 10 heavy (non-hydrogen) atoms. The van der Waals surface area contributed by atoms with Gasteiger partial charge in [0.2, 0.25) is 0 Å². The van der Waals surface area contributed by atoms with Crippen molar-refractivity contribution < 1.29 is 0 Å². The molecule has 1 heterocycles. The second-order valence-electron chi connectivity index (χ2n) is 2.71. The van der Waals surface area contributed by atoms with Crippen LogP contribution in [0.3, 0.4) is 0 Å². The summed E-state index contributed by atoms with van der Waals surface area (Å²) in [5.41, 5.74) is 0. The summed E-state index contributed by atoms with van der Waals surface area (Å²) in [7, 11) is 0. The fourth-order valence-corrected chi connectivity index (χ4v) is 2.16. The highest BCUT2D eigenvalue weighted by Gasteiger charge is 2.19. The van der Waals surface area contributed by atoms with Crippen LogP contribution in [0.2, 0.25) is 0 Å². The van der Waals surface area contributed by atoms with Crippen LogP contribution in [-0.2, 0) is 0 Å². The van der Waals surface area contributed by atoms with Gasteiger partial charge in [-0.3, -0.25) is 4.99 Å². The molecule has 56 valence electrons. The van der Waals surface area contributed by atoms with Crippen LogP contribution in [0.5, 0.6) is 0 Å². The van der Waals surface area contributed by atoms with E-state index in [9.17, 15) is 0 Å². The first-order chi connectivity index (χ1) is 4.74. The molecule has 0 aliphatic carbocycles. The van der Waals surface area contributed by atoms with Crippen LogP contribution >= 0.6 is 24.0 Å². The number of thiocarbonyl (C=S) groups is 1. The standard InChI is InChI=1S/C7H11NS2/c1-5(2)6-4-10-7(3-9)8-6/h3,5-6H,4H2,1-2H3/t6-/m0/s1. The maximum absolute atomic E-state index is 4.77. The van der Waals surface area contributed by atoms with E-state index in [4.69, 9.17) is 12.2 Å². The molecule has 0 amide bonds. The van der Waals surface area contributed by atoms with E-state index < -0.39 is 0 Å². The first-order valence-electron chi connectivity index (χ1n) is 3.40. The summed E-state index contributed by atoms with van der Waals surface area (Å²) in [6.07, 6.45) is 0. The molecule has 0 aromatic heterocycles. The van der Waals surface area contributed by atoms with Gasteiger partial charge < -0.3 is 0 Å². The zero-order valence-electron chi connectivity index (χ0n) is 6.20. The van der Waals surface area contributed by atoms with Crippen molar-refractivity contribution in [3.05, 3.63) is 0 Å². The highest BCUT2D eigenvalue weighted by molar-refractivity contribution is 8.17. The van der Waals surface area contributed by atoms with Crippen molar-refractivity contribution >= 4 is 34.4 Å². The lowest BCUT2D eigenvalue weighted by atomic mass is 10.1. The van der Waals surface area contributed by atoms with Gasteiger partial charge in [0.05, 0.1) is 6.04 Å². The Bertz CT molecular complexity index is 163. The Morgan fingerprint density at radius 3 is 2.80 bits per heavy atom. The smallest absolute Gasteiger partial charge is 0.102 e.